The molecule has 0 spiro atoms. The smallest absolute Gasteiger partial charge is 0.233 e. The van der Waals surface area contributed by atoms with Crippen LogP contribution in [-0.2, 0) is 21.7 Å². The molecule has 148 valence electrons. The Morgan fingerprint density at radius 1 is 1.44 bits per heavy atom. The van der Waals surface area contributed by atoms with Gasteiger partial charge in [-0.2, -0.15) is 0 Å². The maximum Gasteiger partial charge on any atom is 0.233 e. The number of sulfone groups is 1. The SMILES string of the molecule is CC(C)CN(C(=O)CSc1nc2cc(Cl)ccc2n1C)C1CCS(=O)(=O)C1. The van der Waals surface area contributed by atoms with Crippen LogP contribution in [0.5, 0.6) is 0 Å². The van der Waals surface area contributed by atoms with Crippen LogP contribution in [-0.4, -0.2) is 58.6 Å². The van der Waals surface area contributed by atoms with Crippen LogP contribution in [0, 0.1) is 5.92 Å². The van der Waals surface area contributed by atoms with Gasteiger partial charge in [-0.15, -0.1) is 0 Å². The second-order valence-electron chi connectivity index (χ2n) is 7.37. The van der Waals surface area contributed by atoms with Crippen LogP contribution < -0.4 is 0 Å². The standard InChI is InChI=1S/C18H24ClN3O3S2/c1-12(2)9-22(14-6-7-27(24,25)11-14)17(23)10-26-18-20-15-8-13(19)4-5-16(15)21(18)3/h4-5,8,12,14H,6-7,9-11H2,1-3H3. The number of benzene rings is 1. The van der Waals surface area contributed by atoms with Crippen molar-refractivity contribution in [2.45, 2.75) is 31.5 Å². The summed E-state index contributed by atoms with van der Waals surface area (Å²) < 4.78 is 25.6. The molecule has 1 aromatic carbocycles. The quantitative estimate of drug-likeness (QED) is 0.660. The van der Waals surface area contributed by atoms with Crippen LogP contribution in [0.15, 0.2) is 23.4 Å². The Morgan fingerprint density at radius 3 is 2.81 bits per heavy atom. The molecule has 6 nitrogen and oxygen atoms in total. The van der Waals surface area contributed by atoms with E-state index >= 15 is 0 Å². The predicted octanol–water partition coefficient (Wildman–Crippen LogP) is 2.99. The zero-order chi connectivity index (χ0) is 19.8. The first-order valence-electron chi connectivity index (χ1n) is 8.91. The predicted molar refractivity (Wildman–Crippen MR) is 110 cm³/mol. The molecular formula is C18H24ClN3O3S2. The Hall–Kier alpha value is -1.25. The van der Waals surface area contributed by atoms with Gasteiger partial charge in [-0.1, -0.05) is 37.2 Å². The second kappa shape index (κ2) is 8.01. The van der Waals surface area contributed by atoms with E-state index in [2.05, 4.69) is 4.98 Å². The van der Waals surface area contributed by atoms with E-state index in [0.29, 0.717) is 18.0 Å². The second-order valence-corrected chi connectivity index (χ2v) is 11.0. The average Bonchev–Trinajstić information content (AvgIpc) is 3.09. The Kier molecular flexibility index (Phi) is 6.08. The van der Waals surface area contributed by atoms with E-state index in [1.807, 2.05) is 37.6 Å². The Labute approximate surface area is 169 Å². The first kappa shape index (κ1) is 20.5. The van der Waals surface area contributed by atoms with Crippen molar-refractivity contribution in [3.8, 4) is 0 Å². The van der Waals surface area contributed by atoms with Gasteiger partial charge in [-0.25, -0.2) is 13.4 Å². The van der Waals surface area contributed by atoms with Gasteiger partial charge >= 0.3 is 0 Å². The van der Waals surface area contributed by atoms with Gasteiger partial charge in [0, 0.05) is 24.7 Å². The third-order valence-electron chi connectivity index (χ3n) is 4.66. The molecular weight excluding hydrogens is 406 g/mol. The Morgan fingerprint density at radius 2 is 2.19 bits per heavy atom. The molecule has 1 aliphatic rings. The third kappa shape index (κ3) is 4.78. The summed E-state index contributed by atoms with van der Waals surface area (Å²) in [6.07, 6.45) is 0.524. The number of nitrogens with zero attached hydrogens (tertiary/aromatic N) is 3. The number of aromatic nitrogens is 2. The average molecular weight is 430 g/mol. The number of rotatable bonds is 6. The van der Waals surface area contributed by atoms with Crippen molar-refractivity contribution in [1.29, 1.82) is 0 Å². The van der Waals surface area contributed by atoms with Crippen molar-refractivity contribution in [1.82, 2.24) is 14.5 Å². The highest BCUT2D eigenvalue weighted by atomic mass is 35.5. The first-order valence-corrected chi connectivity index (χ1v) is 12.1. The lowest BCUT2D eigenvalue weighted by molar-refractivity contribution is -0.130. The maximum absolute atomic E-state index is 12.9. The number of hydrogen-bond acceptors (Lipinski definition) is 5. The van der Waals surface area contributed by atoms with Crippen molar-refractivity contribution in [3.05, 3.63) is 23.2 Å². The number of carbonyl (C=O) groups excluding carboxylic acids is 1. The minimum Gasteiger partial charge on any atom is -0.338 e. The number of aryl methyl sites for hydroxylation is 1. The molecule has 0 N–H and O–H groups in total. The molecule has 1 saturated heterocycles. The lowest BCUT2D eigenvalue weighted by atomic mass is 10.1. The molecule has 2 heterocycles. The van der Waals surface area contributed by atoms with Crippen LogP contribution >= 0.6 is 23.4 Å². The molecule has 1 atom stereocenters. The number of imidazole rings is 1. The van der Waals surface area contributed by atoms with E-state index in [1.54, 1.807) is 11.0 Å². The van der Waals surface area contributed by atoms with Crippen molar-refractivity contribution >= 4 is 50.1 Å². The monoisotopic (exact) mass is 429 g/mol. The molecule has 1 fully saturated rings. The fourth-order valence-corrected chi connectivity index (χ4v) is 6.13. The Balaban J connectivity index is 1.73. The molecule has 1 aliphatic heterocycles. The molecule has 0 bridgehead atoms. The van der Waals surface area contributed by atoms with Crippen LogP contribution in [0.4, 0.5) is 0 Å². The molecule has 27 heavy (non-hydrogen) atoms. The molecule has 1 aromatic heterocycles. The minimum atomic E-state index is -3.03. The van der Waals surface area contributed by atoms with E-state index in [4.69, 9.17) is 11.6 Å². The number of thioether (sulfide) groups is 1. The van der Waals surface area contributed by atoms with Crippen LogP contribution in [0.3, 0.4) is 0 Å². The van der Waals surface area contributed by atoms with Gasteiger partial charge in [0.2, 0.25) is 5.91 Å². The summed E-state index contributed by atoms with van der Waals surface area (Å²) in [4.78, 5) is 19.2. The normalized spacial score (nSPS) is 19.1. The summed E-state index contributed by atoms with van der Waals surface area (Å²) in [5.74, 6) is 0.703. The van der Waals surface area contributed by atoms with Crippen molar-refractivity contribution in [2.24, 2.45) is 13.0 Å². The van der Waals surface area contributed by atoms with Gasteiger partial charge in [0.05, 0.1) is 28.3 Å². The summed E-state index contributed by atoms with van der Waals surface area (Å²) in [6.45, 7) is 4.63. The molecule has 0 saturated carbocycles. The minimum absolute atomic E-state index is 0.0408. The fourth-order valence-electron chi connectivity index (χ4n) is 3.36. The zero-order valence-corrected chi connectivity index (χ0v) is 18.1. The molecule has 2 aromatic rings. The van der Waals surface area contributed by atoms with E-state index in [0.717, 1.165) is 16.2 Å². The van der Waals surface area contributed by atoms with Crippen LogP contribution in [0.1, 0.15) is 20.3 Å². The van der Waals surface area contributed by atoms with Crippen LogP contribution in [0.25, 0.3) is 11.0 Å². The van der Waals surface area contributed by atoms with Gasteiger partial charge < -0.3 is 9.47 Å². The third-order valence-corrected chi connectivity index (χ3v) is 7.66. The molecule has 1 unspecified atom stereocenters. The molecule has 1 amide bonds. The lowest BCUT2D eigenvalue weighted by Gasteiger charge is -2.29. The highest BCUT2D eigenvalue weighted by molar-refractivity contribution is 7.99. The lowest BCUT2D eigenvalue weighted by Crippen LogP contribution is -2.44. The number of hydrogen-bond donors (Lipinski definition) is 0. The summed E-state index contributed by atoms with van der Waals surface area (Å²) in [5, 5.41) is 1.36. The number of amides is 1. The maximum atomic E-state index is 12.9. The molecule has 9 heteroatoms. The summed E-state index contributed by atoms with van der Waals surface area (Å²) in [7, 11) is -1.13. The van der Waals surface area contributed by atoms with Crippen molar-refractivity contribution in [2.75, 3.05) is 23.8 Å². The largest absolute Gasteiger partial charge is 0.338 e. The summed E-state index contributed by atoms with van der Waals surface area (Å²) in [5.41, 5.74) is 1.75. The summed E-state index contributed by atoms with van der Waals surface area (Å²) in [6, 6.07) is 5.31. The van der Waals surface area contributed by atoms with E-state index < -0.39 is 9.84 Å². The van der Waals surface area contributed by atoms with E-state index in [9.17, 15) is 13.2 Å². The fraction of sp³-hybridized carbons (Fsp3) is 0.556. The molecule has 3 rings (SSSR count). The van der Waals surface area contributed by atoms with Crippen LogP contribution in [0.2, 0.25) is 5.02 Å². The van der Waals surface area contributed by atoms with Gasteiger partial charge in [-0.3, -0.25) is 4.79 Å². The number of carbonyl (C=O) groups is 1. The van der Waals surface area contributed by atoms with Gasteiger partial charge in [0.25, 0.3) is 0 Å². The zero-order valence-electron chi connectivity index (χ0n) is 15.7. The highest BCUT2D eigenvalue weighted by Crippen LogP contribution is 2.26. The Bertz CT molecular complexity index is 956. The van der Waals surface area contributed by atoms with Gasteiger partial charge in [-0.05, 0) is 30.5 Å². The van der Waals surface area contributed by atoms with E-state index in [1.165, 1.54) is 11.8 Å². The number of halogens is 1. The highest BCUT2D eigenvalue weighted by Gasteiger charge is 2.34. The van der Waals surface area contributed by atoms with Crippen molar-refractivity contribution < 1.29 is 13.2 Å². The van der Waals surface area contributed by atoms with Crippen molar-refractivity contribution in [3.63, 3.8) is 0 Å². The molecule has 0 aliphatic carbocycles. The first-order chi connectivity index (χ1) is 12.7. The summed E-state index contributed by atoms with van der Waals surface area (Å²) >= 11 is 7.40. The van der Waals surface area contributed by atoms with Gasteiger partial charge in [0.15, 0.2) is 15.0 Å². The van der Waals surface area contributed by atoms with Gasteiger partial charge in [0.1, 0.15) is 0 Å². The molecule has 0 radical (unpaired) electrons. The topological polar surface area (TPSA) is 72.3 Å². The van der Waals surface area contributed by atoms with E-state index in [-0.39, 0.29) is 35.1 Å². The number of fused-ring (bicyclic) bond motifs is 1.